The molecule has 0 radical (unpaired) electrons. The molecular formula is C14H19ClN2O3. The molecule has 6 heteroatoms. The number of hydrogen-bond acceptors (Lipinski definition) is 4. The molecule has 5 nitrogen and oxygen atoms in total. The Morgan fingerprint density at radius 3 is 3.20 bits per heavy atom. The first kappa shape index (κ1) is 15.1. The van der Waals surface area contributed by atoms with E-state index < -0.39 is 0 Å². The van der Waals surface area contributed by atoms with Crippen molar-refractivity contribution < 1.29 is 14.3 Å². The lowest BCUT2D eigenvalue weighted by Gasteiger charge is -2.24. The monoisotopic (exact) mass is 298 g/mol. The van der Waals surface area contributed by atoms with Gasteiger partial charge in [-0.05, 0) is 25.1 Å². The normalized spacial score (nSPS) is 20.2. The van der Waals surface area contributed by atoms with Crippen molar-refractivity contribution in [3.05, 3.63) is 29.3 Å². The van der Waals surface area contributed by atoms with E-state index in [0.29, 0.717) is 37.1 Å². The van der Waals surface area contributed by atoms with Crippen molar-refractivity contribution in [3.8, 4) is 5.75 Å². The molecule has 1 aliphatic rings. The minimum absolute atomic E-state index is 0.0637. The van der Waals surface area contributed by atoms with E-state index in [1.807, 2.05) is 19.1 Å². The van der Waals surface area contributed by atoms with Crippen LogP contribution in [-0.4, -0.2) is 44.4 Å². The van der Waals surface area contributed by atoms with Crippen LogP contribution in [0.3, 0.4) is 0 Å². The number of nitrogens with one attached hydrogen (secondary N) is 2. The molecule has 0 saturated carbocycles. The van der Waals surface area contributed by atoms with E-state index in [-0.39, 0.29) is 18.1 Å². The van der Waals surface area contributed by atoms with Crippen molar-refractivity contribution in [1.82, 2.24) is 10.6 Å². The number of hydrogen-bond donors (Lipinski definition) is 2. The van der Waals surface area contributed by atoms with Gasteiger partial charge in [-0.15, -0.1) is 0 Å². The molecule has 2 unspecified atom stereocenters. The molecule has 1 aliphatic heterocycles. The standard InChI is InChI=1S/C14H19ClN2O3/c1-10(20-12-4-2-3-11(15)7-12)8-17-14(18)13-9-19-6-5-16-13/h2-4,7,10,13,16H,5-6,8-9H2,1H3,(H,17,18). The topological polar surface area (TPSA) is 59.6 Å². The van der Waals surface area contributed by atoms with E-state index in [1.165, 1.54) is 0 Å². The molecule has 20 heavy (non-hydrogen) atoms. The van der Waals surface area contributed by atoms with Gasteiger partial charge in [-0.2, -0.15) is 0 Å². The number of benzene rings is 1. The zero-order valence-electron chi connectivity index (χ0n) is 11.4. The van der Waals surface area contributed by atoms with E-state index in [9.17, 15) is 4.79 Å². The van der Waals surface area contributed by atoms with Crippen molar-refractivity contribution in [2.45, 2.75) is 19.1 Å². The summed E-state index contributed by atoms with van der Waals surface area (Å²) in [5.74, 6) is 0.629. The van der Waals surface area contributed by atoms with E-state index >= 15 is 0 Å². The molecule has 2 N–H and O–H groups in total. The highest BCUT2D eigenvalue weighted by molar-refractivity contribution is 6.30. The summed E-state index contributed by atoms with van der Waals surface area (Å²) < 4.78 is 10.9. The van der Waals surface area contributed by atoms with E-state index in [2.05, 4.69) is 10.6 Å². The summed E-state index contributed by atoms with van der Waals surface area (Å²) in [4.78, 5) is 11.9. The first-order chi connectivity index (χ1) is 9.65. The van der Waals surface area contributed by atoms with Gasteiger partial charge in [0.1, 0.15) is 17.9 Å². The van der Waals surface area contributed by atoms with Crippen LogP contribution in [-0.2, 0) is 9.53 Å². The second-order valence-corrected chi connectivity index (χ2v) is 5.15. The van der Waals surface area contributed by atoms with E-state index in [0.717, 1.165) is 0 Å². The fraction of sp³-hybridized carbons (Fsp3) is 0.500. The van der Waals surface area contributed by atoms with Gasteiger partial charge in [-0.1, -0.05) is 17.7 Å². The van der Waals surface area contributed by atoms with Crippen LogP contribution < -0.4 is 15.4 Å². The first-order valence-corrected chi connectivity index (χ1v) is 7.04. The van der Waals surface area contributed by atoms with Gasteiger partial charge < -0.3 is 20.1 Å². The maximum Gasteiger partial charge on any atom is 0.239 e. The highest BCUT2D eigenvalue weighted by Gasteiger charge is 2.21. The molecule has 1 amide bonds. The lowest BCUT2D eigenvalue weighted by molar-refractivity contribution is -0.126. The van der Waals surface area contributed by atoms with Gasteiger partial charge in [0, 0.05) is 11.6 Å². The number of rotatable bonds is 5. The second kappa shape index (κ2) is 7.47. The molecule has 2 atom stereocenters. The fourth-order valence-electron chi connectivity index (χ4n) is 1.92. The van der Waals surface area contributed by atoms with Crippen molar-refractivity contribution in [2.75, 3.05) is 26.3 Å². The zero-order chi connectivity index (χ0) is 14.4. The van der Waals surface area contributed by atoms with E-state index in [1.54, 1.807) is 12.1 Å². The Labute approximate surface area is 123 Å². The summed E-state index contributed by atoms with van der Waals surface area (Å²) in [5.41, 5.74) is 0. The SMILES string of the molecule is CC(CNC(=O)C1COCCN1)Oc1cccc(Cl)c1. The molecular weight excluding hydrogens is 280 g/mol. The first-order valence-electron chi connectivity index (χ1n) is 6.66. The lowest BCUT2D eigenvalue weighted by atomic mass is 10.2. The lowest BCUT2D eigenvalue weighted by Crippen LogP contribution is -2.52. The smallest absolute Gasteiger partial charge is 0.239 e. The fourth-order valence-corrected chi connectivity index (χ4v) is 2.10. The summed E-state index contributed by atoms with van der Waals surface area (Å²) >= 11 is 5.89. The summed E-state index contributed by atoms with van der Waals surface area (Å²) in [6, 6.07) is 6.92. The number of amides is 1. The predicted molar refractivity (Wildman–Crippen MR) is 77.2 cm³/mol. The van der Waals surface area contributed by atoms with Gasteiger partial charge >= 0.3 is 0 Å². The van der Waals surface area contributed by atoms with Crippen LogP contribution in [0.2, 0.25) is 5.02 Å². The third kappa shape index (κ3) is 4.67. The van der Waals surface area contributed by atoms with Crippen molar-refractivity contribution >= 4 is 17.5 Å². The van der Waals surface area contributed by atoms with Gasteiger partial charge in [0.15, 0.2) is 0 Å². The summed E-state index contributed by atoms with van der Waals surface area (Å²) in [6.07, 6.45) is -0.137. The van der Waals surface area contributed by atoms with Crippen LogP contribution in [0, 0.1) is 0 Å². The van der Waals surface area contributed by atoms with Crippen LogP contribution in [0.15, 0.2) is 24.3 Å². The number of carbonyl (C=O) groups is 1. The summed E-state index contributed by atoms with van der Waals surface area (Å²) in [6.45, 7) is 4.09. The number of ether oxygens (including phenoxy) is 2. The largest absolute Gasteiger partial charge is 0.489 e. The van der Waals surface area contributed by atoms with Crippen LogP contribution in [0.1, 0.15) is 6.92 Å². The molecule has 1 aromatic rings. The summed E-state index contributed by atoms with van der Waals surface area (Å²) in [5, 5.41) is 6.58. The van der Waals surface area contributed by atoms with Crippen LogP contribution in [0.5, 0.6) is 5.75 Å². The minimum atomic E-state index is -0.276. The number of morpholine rings is 1. The Morgan fingerprint density at radius 1 is 1.65 bits per heavy atom. The number of halogens is 1. The Kier molecular flexibility index (Phi) is 5.64. The van der Waals surface area contributed by atoms with Gasteiger partial charge in [0.05, 0.1) is 19.8 Å². The van der Waals surface area contributed by atoms with Crippen molar-refractivity contribution in [1.29, 1.82) is 0 Å². The second-order valence-electron chi connectivity index (χ2n) is 4.71. The maximum absolute atomic E-state index is 11.9. The predicted octanol–water partition coefficient (Wildman–Crippen LogP) is 1.21. The Hall–Kier alpha value is -1.30. The Bertz CT molecular complexity index is 450. The quantitative estimate of drug-likeness (QED) is 0.858. The third-order valence-electron chi connectivity index (χ3n) is 2.94. The van der Waals surface area contributed by atoms with Gasteiger partial charge in [0.2, 0.25) is 5.91 Å². The highest BCUT2D eigenvalue weighted by atomic mass is 35.5. The van der Waals surface area contributed by atoms with Gasteiger partial charge in [-0.3, -0.25) is 4.79 Å². The zero-order valence-corrected chi connectivity index (χ0v) is 12.2. The molecule has 0 aromatic heterocycles. The molecule has 2 rings (SSSR count). The summed E-state index contributed by atoms with van der Waals surface area (Å²) in [7, 11) is 0. The van der Waals surface area contributed by atoms with Crippen molar-refractivity contribution in [2.24, 2.45) is 0 Å². The molecule has 0 aliphatic carbocycles. The molecule has 0 bridgehead atoms. The average molecular weight is 299 g/mol. The van der Waals surface area contributed by atoms with E-state index in [4.69, 9.17) is 21.1 Å². The average Bonchev–Trinajstić information content (AvgIpc) is 2.46. The maximum atomic E-state index is 11.9. The van der Waals surface area contributed by atoms with Crippen LogP contribution in [0.4, 0.5) is 0 Å². The minimum Gasteiger partial charge on any atom is -0.489 e. The molecule has 1 aromatic carbocycles. The van der Waals surface area contributed by atoms with Gasteiger partial charge in [-0.25, -0.2) is 0 Å². The molecule has 1 heterocycles. The Balaban J connectivity index is 1.74. The van der Waals surface area contributed by atoms with Gasteiger partial charge in [0.25, 0.3) is 0 Å². The molecule has 0 spiro atoms. The van der Waals surface area contributed by atoms with Crippen LogP contribution in [0.25, 0.3) is 0 Å². The Morgan fingerprint density at radius 2 is 2.50 bits per heavy atom. The number of carbonyl (C=O) groups excluding carboxylic acids is 1. The van der Waals surface area contributed by atoms with Crippen molar-refractivity contribution in [3.63, 3.8) is 0 Å². The highest BCUT2D eigenvalue weighted by Crippen LogP contribution is 2.18. The molecule has 110 valence electrons. The van der Waals surface area contributed by atoms with Crippen LogP contribution >= 0.6 is 11.6 Å². The molecule has 1 saturated heterocycles. The third-order valence-corrected chi connectivity index (χ3v) is 3.17. The molecule has 1 fully saturated rings.